The molecule has 2 aromatic rings. The van der Waals surface area contributed by atoms with Crippen LogP contribution in [0, 0.1) is 6.92 Å². The Morgan fingerprint density at radius 3 is 2.76 bits per heavy atom. The SMILES string of the molecule is Cc1cnccc1N1CCN(Cc2ccc([C@@H]3CCCCO3)o2)CC1. The van der Waals surface area contributed by atoms with E-state index in [-0.39, 0.29) is 6.10 Å². The number of aryl methyl sites for hydroxylation is 1. The molecule has 0 saturated carbocycles. The lowest BCUT2D eigenvalue weighted by Gasteiger charge is -2.36. The van der Waals surface area contributed by atoms with E-state index < -0.39 is 0 Å². The summed E-state index contributed by atoms with van der Waals surface area (Å²) >= 11 is 0. The first kappa shape index (κ1) is 16.6. The molecular formula is C20H27N3O2. The number of rotatable bonds is 4. The Bertz CT molecular complexity index is 686. The molecule has 0 unspecified atom stereocenters. The van der Waals surface area contributed by atoms with Gasteiger partial charge in [-0.1, -0.05) is 0 Å². The fourth-order valence-corrected chi connectivity index (χ4v) is 3.81. The molecule has 0 aromatic carbocycles. The maximum atomic E-state index is 6.07. The van der Waals surface area contributed by atoms with Gasteiger partial charge in [0.2, 0.25) is 0 Å². The lowest BCUT2D eigenvalue weighted by atomic mass is 10.1. The summed E-state index contributed by atoms with van der Waals surface area (Å²) in [6.07, 6.45) is 7.47. The average molecular weight is 341 g/mol. The summed E-state index contributed by atoms with van der Waals surface area (Å²) in [4.78, 5) is 9.12. The molecule has 5 heteroatoms. The second kappa shape index (κ2) is 7.58. The molecule has 2 fully saturated rings. The van der Waals surface area contributed by atoms with E-state index in [2.05, 4.69) is 39.9 Å². The number of piperazine rings is 1. The van der Waals surface area contributed by atoms with Crippen molar-refractivity contribution in [2.45, 2.75) is 38.8 Å². The second-order valence-electron chi connectivity index (χ2n) is 7.08. The third kappa shape index (κ3) is 3.88. The zero-order chi connectivity index (χ0) is 17.1. The number of hydrogen-bond donors (Lipinski definition) is 0. The molecular weight excluding hydrogens is 314 g/mol. The molecule has 4 rings (SSSR count). The lowest BCUT2D eigenvalue weighted by molar-refractivity contribution is 0.000833. The van der Waals surface area contributed by atoms with Gasteiger partial charge in [-0.2, -0.15) is 0 Å². The van der Waals surface area contributed by atoms with Gasteiger partial charge in [0.05, 0.1) is 6.54 Å². The van der Waals surface area contributed by atoms with E-state index in [0.29, 0.717) is 0 Å². The molecule has 2 aliphatic heterocycles. The highest BCUT2D eigenvalue weighted by Crippen LogP contribution is 2.29. The minimum atomic E-state index is 0.161. The molecule has 0 N–H and O–H groups in total. The molecule has 4 heterocycles. The number of hydrogen-bond acceptors (Lipinski definition) is 5. The van der Waals surface area contributed by atoms with Crippen LogP contribution in [0.3, 0.4) is 0 Å². The van der Waals surface area contributed by atoms with Gasteiger partial charge in [-0.25, -0.2) is 0 Å². The van der Waals surface area contributed by atoms with Crippen molar-refractivity contribution < 1.29 is 9.15 Å². The fourth-order valence-electron chi connectivity index (χ4n) is 3.81. The van der Waals surface area contributed by atoms with E-state index in [9.17, 15) is 0 Å². The van der Waals surface area contributed by atoms with Gasteiger partial charge in [0, 0.05) is 50.9 Å². The summed E-state index contributed by atoms with van der Waals surface area (Å²) in [6, 6.07) is 6.34. The molecule has 0 bridgehead atoms. The predicted octanol–water partition coefficient (Wildman–Crippen LogP) is 3.55. The van der Waals surface area contributed by atoms with Crippen LogP contribution in [0.25, 0.3) is 0 Å². The summed E-state index contributed by atoms with van der Waals surface area (Å²) in [5.74, 6) is 2.05. The van der Waals surface area contributed by atoms with Crippen LogP contribution in [0.15, 0.2) is 35.0 Å². The van der Waals surface area contributed by atoms with Crippen molar-refractivity contribution in [1.82, 2.24) is 9.88 Å². The van der Waals surface area contributed by atoms with Crippen LogP contribution >= 0.6 is 0 Å². The third-order valence-electron chi connectivity index (χ3n) is 5.26. The number of ether oxygens (including phenoxy) is 1. The van der Waals surface area contributed by atoms with Crippen LogP contribution in [0.1, 0.15) is 42.5 Å². The molecule has 5 nitrogen and oxygen atoms in total. The van der Waals surface area contributed by atoms with Gasteiger partial charge in [0.25, 0.3) is 0 Å². The van der Waals surface area contributed by atoms with Crippen LogP contribution in [0.4, 0.5) is 5.69 Å². The first-order valence-electron chi connectivity index (χ1n) is 9.38. The Hall–Kier alpha value is -1.85. The summed E-state index contributed by atoms with van der Waals surface area (Å²) in [5.41, 5.74) is 2.56. The number of anilines is 1. The Balaban J connectivity index is 1.31. The number of aromatic nitrogens is 1. The normalized spacial score (nSPS) is 22.3. The van der Waals surface area contributed by atoms with E-state index in [1.807, 2.05) is 12.4 Å². The topological polar surface area (TPSA) is 41.7 Å². The number of pyridine rings is 1. The van der Waals surface area contributed by atoms with Crippen molar-refractivity contribution in [3.63, 3.8) is 0 Å². The smallest absolute Gasteiger partial charge is 0.133 e. The molecule has 0 amide bonds. The zero-order valence-electron chi connectivity index (χ0n) is 15.0. The highest BCUT2D eigenvalue weighted by molar-refractivity contribution is 5.51. The van der Waals surface area contributed by atoms with E-state index >= 15 is 0 Å². The minimum absolute atomic E-state index is 0.161. The standard InChI is InChI=1S/C20H27N3O2/c1-16-14-21-8-7-18(16)23-11-9-22(10-12-23)15-17-5-6-20(25-17)19-4-2-3-13-24-19/h5-8,14,19H,2-4,9-13,15H2,1H3/t19-/m0/s1. The van der Waals surface area contributed by atoms with Gasteiger partial charge < -0.3 is 14.1 Å². The molecule has 1 atom stereocenters. The second-order valence-corrected chi connectivity index (χ2v) is 7.08. The van der Waals surface area contributed by atoms with Crippen molar-refractivity contribution in [3.8, 4) is 0 Å². The van der Waals surface area contributed by atoms with Crippen LogP contribution in [0.5, 0.6) is 0 Å². The van der Waals surface area contributed by atoms with Crippen LogP contribution in [0.2, 0.25) is 0 Å². The first-order chi connectivity index (χ1) is 12.3. The fraction of sp³-hybridized carbons (Fsp3) is 0.550. The zero-order valence-corrected chi connectivity index (χ0v) is 15.0. The van der Waals surface area contributed by atoms with Crippen molar-refractivity contribution in [2.24, 2.45) is 0 Å². The third-order valence-corrected chi connectivity index (χ3v) is 5.26. The molecule has 0 spiro atoms. The van der Waals surface area contributed by atoms with E-state index in [4.69, 9.17) is 9.15 Å². The maximum Gasteiger partial charge on any atom is 0.133 e. The monoisotopic (exact) mass is 341 g/mol. The average Bonchev–Trinajstić information content (AvgIpc) is 3.12. The van der Waals surface area contributed by atoms with Crippen molar-refractivity contribution in [1.29, 1.82) is 0 Å². The van der Waals surface area contributed by atoms with Crippen molar-refractivity contribution >= 4 is 5.69 Å². The highest BCUT2D eigenvalue weighted by atomic mass is 16.5. The number of furan rings is 1. The summed E-state index contributed by atoms with van der Waals surface area (Å²) in [6.45, 7) is 8.07. The van der Waals surface area contributed by atoms with Crippen LogP contribution in [-0.4, -0.2) is 42.7 Å². The predicted molar refractivity (Wildman–Crippen MR) is 97.7 cm³/mol. The lowest BCUT2D eigenvalue weighted by Crippen LogP contribution is -2.46. The molecule has 134 valence electrons. The molecule has 0 aliphatic carbocycles. The Labute approximate surface area is 149 Å². The molecule has 25 heavy (non-hydrogen) atoms. The van der Waals surface area contributed by atoms with Gasteiger partial charge in [-0.05, 0) is 49.9 Å². The Morgan fingerprint density at radius 2 is 2.00 bits per heavy atom. The molecule has 2 aromatic heterocycles. The molecule has 2 aliphatic rings. The van der Waals surface area contributed by atoms with E-state index in [0.717, 1.165) is 57.3 Å². The minimum Gasteiger partial charge on any atom is -0.462 e. The van der Waals surface area contributed by atoms with Crippen molar-refractivity contribution in [3.05, 3.63) is 47.7 Å². The van der Waals surface area contributed by atoms with Gasteiger partial charge in [0.1, 0.15) is 17.6 Å². The number of nitrogens with zero attached hydrogens (tertiary/aromatic N) is 3. The van der Waals surface area contributed by atoms with Crippen molar-refractivity contribution in [2.75, 3.05) is 37.7 Å². The van der Waals surface area contributed by atoms with Crippen LogP contribution < -0.4 is 4.90 Å². The van der Waals surface area contributed by atoms with Gasteiger partial charge in [-0.3, -0.25) is 9.88 Å². The summed E-state index contributed by atoms with van der Waals surface area (Å²) in [7, 11) is 0. The maximum absolute atomic E-state index is 6.07. The Morgan fingerprint density at radius 1 is 1.12 bits per heavy atom. The van der Waals surface area contributed by atoms with Gasteiger partial charge in [0.15, 0.2) is 0 Å². The molecule has 2 saturated heterocycles. The van der Waals surface area contributed by atoms with Gasteiger partial charge in [-0.15, -0.1) is 0 Å². The molecule has 0 radical (unpaired) electrons. The first-order valence-corrected chi connectivity index (χ1v) is 9.38. The van der Waals surface area contributed by atoms with E-state index in [1.54, 1.807) is 0 Å². The summed E-state index contributed by atoms with van der Waals surface area (Å²) < 4.78 is 11.9. The van der Waals surface area contributed by atoms with Crippen LogP contribution in [-0.2, 0) is 11.3 Å². The largest absolute Gasteiger partial charge is 0.462 e. The highest BCUT2D eigenvalue weighted by Gasteiger charge is 2.22. The van der Waals surface area contributed by atoms with Gasteiger partial charge >= 0.3 is 0 Å². The summed E-state index contributed by atoms with van der Waals surface area (Å²) in [5, 5.41) is 0. The quantitative estimate of drug-likeness (QED) is 0.851. The van der Waals surface area contributed by atoms with E-state index in [1.165, 1.54) is 24.1 Å². The Kier molecular flexibility index (Phi) is 5.04.